The molecule has 92 valence electrons. The zero-order chi connectivity index (χ0) is 12.9. The predicted octanol–water partition coefficient (Wildman–Crippen LogP) is 1.76. The lowest BCUT2D eigenvalue weighted by molar-refractivity contribution is 0.0196. The van der Waals surface area contributed by atoms with Crippen molar-refractivity contribution in [2.24, 2.45) is 11.1 Å². The second-order valence-electron chi connectivity index (χ2n) is 4.70. The fourth-order valence-electron chi connectivity index (χ4n) is 1.43. The minimum absolute atomic E-state index is 0.392. The molecule has 3 heteroatoms. The van der Waals surface area contributed by atoms with Crippen LogP contribution in [0.4, 0.5) is 0 Å². The molecule has 0 fully saturated rings. The number of aliphatic hydroxyl groups excluding tert-OH is 1. The van der Waals surface area contributed by atoms with E-state index in [0.29, 0.717) is 12.2 Å². The molecule has 1 rings (SSSR count). The van der Waals surface area contributed by atoms with Crippen LogP contribution in [0.5, 0.6) is 5.75 Å². The van der Waals surface area contributed by atoms with Gasteiger partial charge in [0.2, 0.25) is 0 Å². The van der Waals surface area contributed by atoms with E-state index >= 15 is 0 Å². The van der Waals surface area contributed by atoms with Crippen molar-refractivity contribution in [3.05, 3.63) is 30.3 Å². The molecule has 2 atom stereocenters. The number of rotatable bonds is 5. The molecule has 3 N–H and O–H groups in total. The highest BCUT2D eigenvalue weighted by atomic mass is 16.5. The smallest absolute Gasteiger partial charge is 0.173 e. The molecule has 1 aromatic carbocycles. The molecular formula is C14H19NO2. The van der Waals surface area contributed by atoms with Crippen LogP contribution in [-0.4, -0.2) is 17.4 Å². The summed E-state index contributed by atoms with van der Waals surface area (Å²) in [6.07, 6.45) is 4.20. The van der Waals surface area contributed by atoms with Gasteiger partial charge in [0, 0.05) is 5.41 Å². The zero-order valence-corrected chi connectivity index (χ0v) is 10.3. The minimum Gasteiger partial charge on any atom is -0.473 e. The monoisotopic (exact) mass is 233 g/mol. The Bertz CT molecular complexity index is 381. The van der Waals surface area contributed by atoms with Crippen LogP contribution in [0.15, 0.2) is 30.3 Å². The zero-order valence-electron chi connectivity index (χ0n) is 10.3. The Labute approximate surface area is 103 Å². The Balaban J connectivity index is 2.54. The molecular weight excluding hydrogens is 214 g/mol. The average Bonchev–Trinajstić information content (AvgIpc) is 2.30. The van der Waals surface area contributed by atoms with E-state index in [0.717, 1.165) is 0 Å². The third kappa shape index (κ3) is 4.48. The first-order valence-electron chi connectivity index (χ1n) is 5.58. The van der Waals surface area contributed by atoms with Crippen molar-refractivity contribution >= 4 is 0 Å². The Morgan fingerprint density at radius 3 is 2.53 bits per heavy atom. The van der Waals surface area contributed by atoms with Crippen molar-refractivity contribution in [1.29, 1.82) is 0 Å². The Morgan fingerprint density at radius 2 is 2.00 bits per heavy atom. The quantitative estimate of drug-likeness (QED) is 0.602. The van der Waals surface area contributed by atoms with E-state index in [1.165, 1.54) is 0 Å². The Kier molecular flexibility index (Phi) is 4.56. The highest BCUT2D eigenvalue weighted by Crippen LogP contribution is 2.22. The van der Waals surface area contributed by atoms with E-state index in [4.69, 9.17) is 16.9 Å². The summed E-state index contributed by atoms with van der Waals surface area (Å²) in [6.45, 7) is 3.76. The summed E-state index contributed by atoms with van der Waals surface area (Å²) in [5.74, 6) is 3.26. The normalized spacial score (nSPS) is 14.8. The van der Waals surface area contributed by atoms with Crippen LogP contribution >= 0.6 is 0 Å². The maximum Gasteiger partial charge on any atom is 0.173 e. The lowest BCUT2D eigenvalue weighted by atomic mass is 9.87. The standard InChI is InChI=1S/C14H19NO2/c1-4-14(2,3)10-12(16)13(15)17-11-8-6-5-7-9-11/h1,5-9,12-13,16H,10,15H2,2-3H3. The molecule has 0 aliphatic carbocycles. The van der Waals surface area contributed by atoms with Crippen LogP contribution < -0.4 is 10.5 Å². The number of para-hydroxylation sites is 1. The maximum absolute atomic E-state index is 9.90. The highest BCUT2D eigenvalue weighted by Gasteiger charge is 2.25. The number of aliphatic hydroxyl groups is 1. The molecule has 17 heavy (non-hydrogen) atoms. The number of benzene rings is 1. The lowest BCUT2D eigenvalue weighted by Gasteiger charge is -2.26. The molecule has 3 nitrogen and oxygen atoms in total. The largest absolute Gasteiger partial charge is 0.473 e. The molecule has 2 unspecified atom stereocenters. The summed E-state index contributed by atoms with van der Waals surface area (Å²) in [7, 11) is 0. The van der Waals surface area contributed by atoms with Crippen LogP contribution in [0.25, 0.3) is 0 Å². The number of ether oxygens (including phenoxy) is 1. The van der Waals surface area contributed by atoms with Gasteiger partial charge in [-0.25, -0.2) is 0 Å². The van der Waals surface area contributed by atoms with E-state index < -0.39 is 17.7 Å². The first-order valence-corrected chi connectivity index (χ1v) is 5.58. The molecule has 0 spiro atoms. The second kappa shape index (κ2) is 5.72. The highest BCUT2D eigenvalue weighted by molar-refractivity contribution is 5.21. The van der Waals surface area contributed by atoms with Crippen LogP contribution in [0.2, 0.25) is 0 Å². The maximum atomic E-state index is 9.90. The molecule has 0 aromatic heterocycles. The Morgan fingerprint density at radius 1 is 1.41 bits per heavy atom. The molecule has 0 saturated heterocycles. The minimum atomic E-state index is -0.791. The van der Waals surface area contributed by atoms with Gasteiger partial charge in [-0.15, -0.1) is 12.3 Å². The summed E-state index contributed by atoms with van der Waals surface area (Å²) >= 11 is 0. The van der Waals surface area contributed by atoms with Gasteiger partial charge in [0.05, 0.1) is 0 Å². The van der Waals surface area contributed by atoms with Gasteiger partial charge < -0.3 is 9.84 Å². The SMILES string of the molecule is C#CC(C)(C)CC(O)C(N)Oc1ccccc1. The summed E-state index contributed by atoms with van der Waals surface area (Å²) < 4.78 is 5.43. The lowest BCUT2D eigenvalue weighted by Crippen LogP contribution is -2.42. The third-order valence-corrected chi connectivity index (χ3v) is 2.50. The van der Waals surface area contributed by atoms with Gasteiger partial charge in [0.25, 0.3) is 0 Å². The van der Waals surface area contributed by atoms with Crippen molar-refractivity contribution in [1.82, 2.24) is 0 Å². The van der Waals surface area contributed by atoms with Crippen molar-refractivity contribution in [2.45, 2.75) is 32.6 Å². The summed E-state index contributed by atoms with van der Waals surface area (Å²) in [4.78, 5) is 0. The second-order valence-corrected chi connectivity index (χ2v) is 4.70. The van der Waals surface area contributed by atoms with Crippen molar-refractivity contribution in [3.8, 4) is 18.1 Å². The van der Waals surface area contributed by atoms with Gasteiger partial charge >= 0.3 is 0 Å². The van der Waals surface area contributed by atoms with Crippen LogP contribution in [0.1, 0.15) is 20.3 Å². The summed E-state index contributed by atoms with van der Waals surface area (Å²) in [5.41, 5.74) is 5.38. The molecule has 0 saturated carbocycles. The third-order valence-electron chi connectivity index (χ3n) is 2.50. The average molecular weight is 233 g/mol. The molecule has 0 heterocycles. The molecule has 0 aliphatic heterocycles. The number of hydrogen-bond donors (Lipinski definition) is 2. The van der Waals surface area contributed by atoms with E-state index in [-0.39, 0.29) is 0 Å². The van der Waals surface area contributed by atoms with Crippen LogP contribution in [0.3, 0.4) is 0 Å². The predicted molar refractivity (Wildman–Crippen MR) is 68.3 cm³/mol. The van der Waals surface area contributed by atoms with Crippen molar-refractivity contribution < 1.29 is 9.84 Å². The van der Waals surface area contributed by atoms with Gasteiger partial charge in [0.1, 0.15) is 11.9 Å². The number of hydrogen-bond acceptors (Lipinski definition) is 3. The van der Waals surface area contributed by atoms with Crippen molar-refractivity contribution in [2.75, 3.05) is 0 Å². The van der Waals surface area contributed by atoms with Gasteiger partial charge in [0.15, 0.2) is 6.23 Å². The van der Waals surface area contributed by atoms with E-state index in [2.05, 4.69) is 5.92 Å². The van der Waals surface area contributed by atoms with Crippen LogP contribution in [0, 0.1) is 17.8 Å². The van der Waals surface area contributed by atoms with E-state index in [1.807, 2.05) is 32.0 Å². The topological polar surface area (TPSA) is 55.5 Å². The van der Waals surface area contributed by atoms with Gasteiger partial charge in [-0.1, -0.05) is 18.2 Å². The summed E-state index contributed by atoms with van der Waals surface area (Å²) in [6, 6.07) is 9.16. The molecule has 0 amide bonds. The van der Waals surface area contributed by atoms with Gasteiger partial charge in [-0.05, 0) is 32.4 Å². The number of terminal acetylenes is 1. The molecule has 0 aliphatic rings. The van der Waals surface area contributed by atoms with Crippen molar-refractivity contribution in [3.63, 3.8) is 0 Å². The first kappa shape index (κ1) is 13.6. The fourth-order valence-corrected chi connectivity index (χ4v) is 1.43. The molecule has 0 bridgehead atoms. The van der Waals surface area contributed by atoms with E-state index in [1.54, 1.807) is 12.1 Å². The summed E-state index contributed by atoms with van der Waals surface area (Å²) in [5, 5.41) is 9.90. The Hall–Kier alpha value is -1.50. The number of nitrogens with two attached hydrogens (primary N) is 1. The van der Waals surface area contributed by atoms with Gasteiger partial charge in [-0.2, -0.15) is 0 Å². The first-order chi connectivity index (χ1) is 7.94. The van der Waals surface area contributed by atoms with E-state index in [9.17, 15) is 5.11 Å². The molecule has 1 aromatic rings. The molecule has 0 radical (unpaired) electrons. The fraction of sp³-hybridized carbons (Fsp3) is 0.429. The van der Waals surface area contributed by atoms with Gasteiger partial charge in [-0.3, -0.25) is 5.73 Å². The van der Waals surface area contributed by atoms with Crippen LogP contribution in [-0.2, 0) is 0 Å².